The van der Waals surface area contributed by atoms with E-state index in [9.17, 15) is 4.79 Å². The zero-order chi connectivity index (χ0) is 15.3. The topological polar surface area (TPSA) is 29.1 Å². The van der Waals surface area contributed by atoms with Crippen molar-refractivity contribution in [3.05, 3.63) is 0 Å². The van der Waals surface area contributed by atoms with E-state index in [1.54, 1.807) is 0 Å². The van der Waals surface area contributed by atoms with Gasteiger partial charge in [-0.05, 0) is 26.8 Å². The number of unbranched alkanes of at least 4 members (excludes halogenated alkanes) is 9. The Morgan fingerprint density at radius 1 is 0.800 bits per heavy atom. The SMILES string of the molecule is CCCCCCCCCCCCC(=O)C(C)(C)NCC. The Hall–Kier alpha value is -0.370. The molecule has 0 heterocycles. The second-order valence-corrected chi connectivity index (χ2v) is 6.51. The molecule has 120 valence electrons. The number of rotatable bonds is 14. The van der Waals surface area contributed by atoms with Gasteiger partial charge in [-0.25, -0.2) is 0 Å². The summed E-state index contributed by atoms with van der Waals surface area (Å²) in [7, 11) is 0. The third-order valence-electron chi connectivity index (χ3n) is 4.07. The first-order chi connectivity index (χ1) is 9.54. The molecule has 0 rings (SSSR count). The van der Waals surface area contributed by atoms with Crippen molar-refractivity contribution in [3.8, 4) is 0 Å². The summed E-state index contributed by atoms with van der Waals surface area (Å²) in [5, 5.41) is 3.26. The van der Waals surface area contributed by atoms with Crippen molar-refractivity contribution in [2.75, 3.05) is 6.54 Å². The van der Waals surface area contributed by atoms with Crippen LogP contribution in [0.5, 0.6) is 0 Å². The zero-order valence-corrected chi connectivity index (χ0v) is 14.4. The summed E-state index contributed by atoms with van der Waals surface area (Å²) < 4.78 is 0. The summed E-state index contributed by atoms with van der Waals surface area (Å²) >= 11 is 0. The molecule has 0 aliphatic heterocycles. The average molecular weight is 284 g/mol. The van der Waals surface area contributed by atoms with Crippen LogP contribution in [0, 0.1) is 0 Å². The van der Waals surface area contributed by atoms with Crippen LogP contribution in [0.25, 0.3) is 0 Å². The Morgan fingerprint density at radius 3 is 1.70 bits per heavy atom. The highest BCUT2D eigenvalue weighted by Gasteiger charge is 2.24. The number of likely N-dealkylation sites (N-methyl/N-ethyl adjacent to an activating group) is 1. The van der Waals surface area contributed by atoms with Crippen molar-refractivity contribution in [1.29, 1.82) is 0 Å². The smallest absolute Gasteiger partial charge is 0.152 e. The van der Waals surface area contributed by atoms with Gasteiger partial charge >= 0.3 is 0 Å². The Morgan fingerprint density at radius 2 is 1.25 bits per heavy atom. The van der Waals surface area contributed by atoms with Gasteiger partial charge in [-0.1, -0.05) is 71.6 Å². The molecule has 0 atom stereocenters. The molecule has 0 aliphatic carbocycles. The third kappa shape index (κ3) is 10.4. The lowest BCUT2D eigenvalue weighted by molar-refractivity contribution is -0.124. The molecule has 0 radical (unpaired) electrons. The molecule has 0 aromatic carbocycles. The fraction of sp³-hybridized carbons (Fsp3) is 0.944. The maximum Gasteiger partial charge on any atom is 0.152 e. The van der Waals surface area contributed by atoms with E-state index in [0.717, 1.165) is 19.4 Å². The summed E-state index contributed by atoms with van der Waals surface area (Å²) in [5.74, 6) is 0.360. The molecule has 0 unspecified atom stereocenters. The minimum Gasteiger partial charge on any atom is -0.306 e. The number of hydrogen-bond donors (Lipinski definition) is 1. The van der Waals surface area contributed by atoms with E-state index in [2.05, 4.69) is 19.2 Å². The summed E-state index contributed by atoms with van der Waals surface area (Å²) in [6, 6.07) is 0. The molecule has 0 bridgehead atoms. The Balaban J connectivity index is 3.38. The first-order valence-electron chi connectivity index (χ1n) is 8.83. The van der Waals surface area contributed by atoms with E-state index in [-0.39, 0.29) is 5.54 Å². The second kappa shape index (κ2) is 12.4. The van der Waals surface area contributed by atoms with Gasteiger partial charge < -0.3 is 5.32 Å². The molecule has 0 saturated heterocycles. The van der Waals surface area contributed by atoms with E-state index < -0.39 is 0 Å². The van der Waals surface area contributed by atoms with Crippen LogP contribution in [0.3, 0.4) is 0 Å². The van der Waals surface area contributed by atoms with Gasteiger partial charge in [0.15, 0.2) is 5.78 Å². The molecule has 0 spiro atoms. The van der Waals surface area contributed by atoms with E-state index in [1.807, 2.05) is 13.8 Å². The number of Topliss-reactive ketones (excluding diaryl/α,β-unsaturated/α-hetero) is 1. The molecule has 0 aromatic rings. The number of carbonyl (C=O) groups is 1. The van der Waals surface area contributed by atoms with Crippen LogP contribution in [0.4, 0.5) is 0 Å². The summed E-state index contributed by atoms with van der Waals surface area (Å²) in [6.45, 7) is 9.16. The lowest BCUT2D eigenvalue weighted by Gasteiger charge is -2.23. The fourth-order valence-electron chi connectivity index (χ4n) is 2.63. The highest BCUT2D eigenvalue weighted by molar-refractivity contribution is 5.87. The van der Waals surface area contributed by atoms with Gasteiger partial charge in [0.25, 0.3) is 0 Å². The molecular formula is C18H37NO. The number of carbonyl (C=O) groups excluding carboxylic acids is 1. The van der Waals surface area contributed by atoms with Crippen molar-refractivity contribution < 1.29 is 4.79 Å². The minimum absolute atomic E-state index is 0.339. The Kier molecular flexibility index (Phi) is 12.1. The first kappa shape index (κ1) is 19.6. The van der Waals surface area contributed by atoms with E-state index >= 15 is 0 Å². The van der Waals surface area contributed by atoms with E-state index in [0.29, 0.717) is 5.78 Å². The Labute approximate surface area is 127 Å². The number of hydrogen-bond acceptors (Lipinski definition) is 2. The summed E-state index contributed by atoms with van der Waals surface area (Å²) in [4.78, 5) is 12.0. The fourth-order valence-corrected chi connectivity index (χ4v) is 2.63. The largest absolute Gasteiger partial charge is 0.306 e. The van der Waals surface area contributed by atoms with Crippen molar-refractivity contribution in [2.24, 2.45) is 0 Å². The maximum absolute atomic E-state index is 12.0. The van der Waals surface area contributed by atoms with Crippen molar-refractivity contribution in [1.82, 2.24) is 5.32 Å². The summed E-state index contributed by atoms with van der Waals surface area (Å²) in [6.07, 6.45) is 13.9. The Bertz CT molecular complexity index is 236. The van der Waals surface area contributed by atoms with Crippen LogP contribution >= 0.6 is 0 Å². The van der Waals surface area contributed by atoms with Crippen LogP contribution in [0.15, 0.2) is 0 Å². The molecule has 2 heteroatoms. The normalized spacial score (nSPS) is 11.8. The average Bonchev–Trinajstić information content (AvgIpc) is 2.40. The van der Waals surface area contributed by atoms with Crippen LogP contribution in [-0.2, 0) is 4.79 Å². The van der Waals surface area contributed by atoms with Crippen LogP contribution in [0.2, 0.25) is 0 Å². The maximum atomic E-state index is 12.0. The molecule has 2 nitrogen and oxygen atoms in total. The minimum atomic E-state index is -0.339. The molecule has 0 amide bonds. The molecule has 0 aromatic heterocycles. The van der Waals surface area contributed by atoms with E-state index in [1.165, 1.54) is 57.8 Å². The zero-order valence-electron chi connectivity index (χ0n) is 14.4. The van der Waals surface area contributed by atoms with Gasteiger partial charge in [0.2, 0.25) is 0 Å². The lowest BCUT2D eigenvalue weighted by atomic mass is 9.94. The second-order valence-electron chi connectivity index (χ2n) is 6.51. The molecule has 0 aliphatic rings. The molecule has 20 heavy (non-hydrogen) atoms. The predicted molar refractivity (Wildman–Crippen MR) is 89.2 cm³/mol. The number of nitrogens with one attached hydrogen (secondary N) is 1. The van der Waals surface area contributed by atoms with Gasteiger partial charge in [0.05, 0.1) is 5.54 Å². The monoisotopic (exact) mass is 283 g/mol. The third-order valence-corrected chi connectivity index (χ3v) is 4.07. The van der Waals surface area contributed by atoms with Crippen LogP contribution in [0.1, 0.15) is 98.3 Å². The van der Waals surface area contributed by atoms with Crippen molar-refractivity contribution in [3.63, 3.8) is 0 Å². The van der Waals surface area contributed by atoms with Gasteiger partial charge in [-0.3, -0.25) is 4.79 Å². The van der Waals surface area contributed by atoms with Gasteiger partial charge in [0.1, 0.15) is 0 Å². The molecule has 0 fully saturated rings. The summed E-state index contributed by atoms with van der Waals surface area (Å²) in [5.41, 5.74) is -0.339. The standard InChI is InChI=1S/C18H37NO/c1-5-7-8-9-10-11-12-13-14-15-16-17(20)18(3,4)19-6-2/h19H,5-16H2,1-4H3. The van der Waals surface area contributed by atoms with Gasteiger partial charge in [-0.2, -0.15) is 0 Å². The highest BCUT2D eigenvalue weighted by atomic mass is 16.1. The number of ketones is 1. The molecular weight excluding hydrogens is 246 g/mol. The van der Waals surface area contributed by atoms with Crippen molar-refractivity contribution in [2.45, 2.75) is 104 Å². The quantitative estimate of drug-likeness (QED) is 0.441. The first-order valence-corrected chi connectivity index (χ1v) is 8.83. The predicted octanol–water partition coefficient (Wildman–Crippen LogP) is 5.25. The highest BCUT2D eigenvalue weighted by Crippen LogP contribution is 2.14. The van der Waals surface area contributed by atoms with Crippen molar-refractivity contribution >= 4 is 5.78 Å². The molecule has 0 saturated carbocycles. The lowest BCUT2D eigenvalue weighted by Crippen LogP contribution is -2.46. The van der Waals surface area contributed by atoms with Crippen LogP contribution in [-0.4, -0.2) is 17.9 Å². The van der Waals surface area contributed by atoms with Crippen LogP contribution < -0.4 is 5.32 Å². The van der Waals surface area contributed by atoms with E-state index in [4.69, 9.17) is 0 Å². The van der Waals surface area contributed by atoms with Gasteiger partial charge in [0, 0.05) is 6.42 Å². The van der Waals surface area contributed by atoms with Gasteiger partial charge in [-0.15, -0.1) is 0 Å². The molecule has 1 N–H and O–H groups in total.